The SMILES string of the molecule is CN=C(N)NCC1(CCNCC(C)O)C#CCC(Cc2ccc(O)c(OC)c2)C(OC(C)=O)CC(O)CC1. The van der Waals surface area contributed by atoms with Crippen LogP contribution in [0.2, 0.25) is 0 Å². The molecule has 5 atom stereocenters. The molecular weight excluding hydrogens is 488 g/mol. The molecule has 0 aromatic heterocycles. The largest absolute Gasteiger partial charge is 0.504 e. The van der Waals surface area contributed by atoms with Gasteiger partial charge in [0, 0.05) is 45.8 Å². The maximum atomic E-state index is 11.9. The Balaban J connectivity index is 2.38. The second kappa shape index (κ2) is 15.4. The van der Waals surface area contributed by atoms with E-state index in [1.54, 1.807) is 32.2 Å². The minimum absolute atomic E-state index is 0.0466. The van der Waals surface area contributed by atoms with E-state index in [1.165, 1.54) is 14.0 Å². The summed E-state index contributed by atoms with van der Waals surface area (Å²) in [6.45, 7) is 4.66. The van der Waals surface area contributed by atoms with Crippen LogP contribution >= 0.6 is 0 Å². The number of esters is 1. The van der Waals surface area contributed by atoms with E-state index in [0.29, 0.717) is 69.9 Å². The fourth-order valence-electron chi connectivity index (χ4n) is 4.68. The highest BCUT2D eigenvalue weighted by atomic mass is 16.5. The minimum Gasteiger partial charge on any atom is -0.504 e. The van der Waals surface area contributed by atoms with Crippen molar-refractivity contribution in [2.45, 2.75) is 70.7 Å². The van der Waals surface area contributed by atoms with E-state index in [9.17, 15) is 20.1 Å². The molecule has 7 N–H and O–H groups in total. The van der Waals surface area contributed by atoms with E-state index in [-0.39, 0.29) is 11.7 Å². The van der Waals surface area contributed by atoms with Crippen LogP contribution in [0.5, 0.6) is 11.5 Å². The summed E-state index contributed by atoms with van der Waals surface area (Å²) in [5.74, 6) is 6.97. The van der Waals surface area contributed by atoms with Gasteiger partial charge in [-0.3, -0.25) is 9.79 Å². The van der Waals surface area contributed by atoms with Crippen molar-refractivity contribution in [3.05, 3.63) is 23.8 Å². The second-order valence-corrected chi connectivity index (χ2v) is 10.1. The number of aromatic hydroxyl groups is 1. The number of methoxy groups -OCH3 is 1. The molecule has 38 heavy (non-hydrogen) atoms. The summed E-state index contributed by atoms with van der Waals surface area (Å²) >= 11 is 0. The molecular formula is C28H44N4O6. The third-order valence-electron chi connectivity index (χ3n) is 6.83. The molecule has 10 nitrogen and oxygen atoms in total. The van der Waals surface area contributed by atoms with Gasteiger partial charge in [-0.25, -0.2) is 0 Å². The fraction of sp³-hybridized carbons (Fsp3) is 0.643. The summed E-state index contributed by atoms with van der Waals surface area (Å²) in [5, 5.41) is 37.0. The number of ether oxygens (including phenoxy) is 2. The molecule has 0 spiro atoms. The lowest BCUT2D eigenvalue weighted by Crippen LogP contribution is -2.43. The molecule has 0 fully saturated rings. The average Bonchev–Trinajstić information content (AvgIpc) is 2.87. The summed E-state index contributed by atoms with van der Waals surface area (Å²) in [4.78, 5) is 15.9. The smallest absolute Gasteiger partial charge is 0.302 e. The van der Waals surface area contributed by atoms with E-state index < -0.39 is 29.7 Å². The fourth-order valence-corrected chi connectivity index (χ4v) is 4.68. The number of phenols is 1. The van der Waals surface area contributed by atoms with Crippen LogP contribution in [0.25, 0.3) is 0 Å². The van der Waals surface area contributed by atoms with Crippen molar-refractivity contribution in [3.8, 4) is 23.3 Å². The first kappa shape index (κ1) is 31.2. The van der Waals surface area contributed by atoms with Gasteiger partial charge in [-0.1, -0.05) is 12.0 Å². The van der Waals surface area contributed by atoms with Gasteiger partial charge in [0.1, 0.15) is 6.10 Å². The molecule has 0 heterocycles. The number of rotatable bonds is 11. The average molecular weight is 533 g/mol. The van der Waals surface area contributed by atoms with Crippen molar-refractivity contribution in [2.24, 2.45) is 22.1 Å². The Morgan fingerprint density at radius 2 is 2.16 bits per heavy atom. The van der Waals surface area contributed by atoms with E-state index in [4.69, 9.17) is 15.2 Å². The number of benzene rings is 1. The normalized spacial score (nSPS) is 25.0. The zero-order valence-electron chi connectivity index (χ0n) is 23.0. The van der Waals surface area contributed by atoms with E-state index in [2.05, 4.69) is 27.5 Å². The Kier molecular flexibility index (Phi) is 12.7. The van der Waals surface area contributed by atoms with Gasteiger partial charge in [0.15, 0.2) is 17.5 Å². The first-order valence-electron chi connectivity index (χ1n) is 13.1. The van der Waals surface area contributed by atoms with Crippen molar-refractivity contribution in [3.63, 3.8) is 0 Å². The lowest BCUT2D eigenvalue weighted by molar-refractivity contribution is -0.151. The molecule has 0 saturated carbocycles. The molecule has 5 unspecified atom stereocenters. The van der Waals surface area contributed by atoms with E-state index in [0.717, 1.165) is 5.56 Å². The Morgan fingerprint density at radius 3 is 2.82 bits per heavy atom. The third kappa shape index (κ3) is 10.4. The second-order valence-electron chi connectivity index (χ2n) is 10.1. The number of carbonyl (C=O) groups excluding carboxylic acids is 1. The molecule has 0 radical (unpaired) electrons. The summed E-state index contributed by atoms with van der Waals surface area (Å²) in [7, 11) is 3.10. The Labute approximate surface area is 226 Å². The van der Waals surface area contributed by atoms with Gasteiger partial charge in [-0.05, 0) is 56.8 Å². The number of hydrogen-bond acceptors (Lipinski definition) is 8. The Morgan fingerprint density at radius 1 is 1.39 bits per heavy atom. The maximum absolute atomic E-state index is 11.9. The summed E-state index contributed by atoms with van der Waals surface area (Å²) in [6, 6.07) is 5.14. The number of aliphatic imine (C=N–C) groups is 1. The standard InChI is InChI=1S/C28H44N4O6/c1-19(33)17-31-13-12-28(18-32-27(29)30-3)10-5-6-22(14-21-7-8-24(36)26(15-21)37-4)25(38-20(2)34)16-23(35)9-11-28/h7-8,15,19,22-23,25,31,33,35-36H,6,9,11-14,16-18H2,1-4H3,(H3,29,30,32). The number of phenolic OH excluding ortho intramolecular Hbond substituents is 1. The van der Waals surface area contributed by atoms with Gasteiger partial charge in [-0.2, -0.15) is 0 Å². The molecule has 0 amide bonds. The zero-order chi connectivity index (χ0) is 28.1. The minimum atomic E-state index is -0.696. The number of aliphatic hydroxyl groups excluding tert-OH is 2. The van der Waals surface area contributed by atoms with Gasteiger partial charge in [0.05, 0.1) is 24.7 Å². The topological polar surface area (TPSA) is 159 Å². The molecule has 1 aliphatic rings. The molecule has 0 saturated heterocycles. The molecule has 212 valence electrons. The Hall–Kier alpha value is -3.00. The number of aliphatic hydroxyl groups is 2. The first-order chi connectivity index (χ1) is 18.1. The van der Waals surface area contributed by atoms with Crippen molar-refractivity contribution in [1.29, 1.82) is 0 Å². The Bertz CT molecular complexity index is 989. The molecule has 1 aromatic carbocycles. The van der Waals surface area contributed by atoms with Crippen molar-refractivity contribution < 1.29 is 29.6 Å². The summed E-state index contributed by atoms with van der Waals surface area (Å²) < 4.78 is 10.9. The number of hydrogen-bond donors (Lipinski definition) is 6. The lowest BCUT2D eigenvalue weighted by atomic mass is 9.77. The van der Waals surface area contributed by atoms with Crippen LogP contribution in [-0.2, 0) is 16.0 Å². The van der Waals surface area contributed by atoms with Crippen molar-refractivity contribution >= 4 is 11.9 Å². The van der Waals surface area contributed by atoms with Crippen LogP contribution in [0.3, 0.4) is 0 Å². The van der Waals surface area contributed by atoms with Crippen LogP contribution in [-0.4, -0.2) is 79.4 Å². The number of carbonyl (C=O) groups is 1. The van der Waals surface area contributed by atoms with Gasteiger partial charge >= 0.3 is 5.97 Å². The number of nitrogens with one attached hydrogen (secondary N) is 2. The summed E-state index contributed by atoms with van der Waals surface area (Å²) in [6.07, 6.45) is 1.33. The van der Waals surface area contributed by atoms with Crippen LogP contribution in [0.4, 0.5) is 0 Å². The van der Waals surface area contributed by atoms with Gasteiger partial charge in [0.2, 0.25) is 0 Å². The van der Waals surface area contributed by atoms with E-state index in [1.807, 2.05) is 0 Å². The molecule has 1 aromatic rings. The number of nitrogens with zero attached hydrogens (tertiary/aromatic N) is 1. The van der Waals surface area contributed by atoms with Crippen molar-refractivity contribution in [2.75, 3.05) is 33.8 Å². The van der Waals surface area contributed by atoms with Crippen LogP contribution < -0.4 is 21.1 Å². The number of guanidine groups is 1. The highest BCUT2D eigenvalue weighted by Gasteiger charge is 2.33. The lowest BCUT2D eigenvalue weighted by Gasteiger charge is -2.33. The van der Waals surface area contributed by atoms with Crippen LogP contribution in [0.15, 0.2) is 23.2 Å². The van der Waals surface area contributed by atoms with Gasteiger partial charge in [-0.15, -0.1) is 5.92 Å². The van der Waals surface area contributed by atoms with E-state index >= 15 is 0 Å². The quantitative estimate of drug-likeness (QED) is 0.0812. The van der Waals surface area contributed by atoms with Crippen LogP contribution in [0.1, 0.15) is 51.5 Å². The van der Waals surface area contributed by atoms with Gasteiger partial charge in [0.25, 0.3) is 0 Å². The van der Waals surface area contributed by atoms with Gasteiger partial charge < -0.3 is 41.2 Å². The van der Waals surface area contributed by atoms with Crippen molar-refractivity contribution in [1.82, 2.24) is 10.6 Å². The molecule has 0 bridgehead atoms. The number of nitrogens with two attached hydrogens (primary N) is 1. The molecule has 2 rings (SSSR count). The van der Waals surface area contributed by atoms with Crippen LogP contribution in [0, 0.1) is 23.2 Å². The summed E-state index contributed by atoms with van der Waals surface area (Å²) in [5.41, 5.74) is 6.32. The molecule has 0 aliphatic heterocycles. The highest BCUT2D eigenvalue weighted by Crippen LogP contribution is 2.33. The maximum Gasteiger partial charge on any atom is 0.302 e. The monoisotopic (exact) mass is 532 g/mol. The highest BCUT2D eigenvalue weighted by molar-refractivity contribution is 5.77. The molecule has 10 heteroatoms. The third-order valence-corrected chi connectivity index (χ3v) is 6.83. The zero-order valence-corrected chi connectivity index (χ0v) is 23.0. The molecule has 1 aliphatic carbocycles. The predicted molar refractivity (Wildman–Crippen MR) is 147 cm³/mol. The predicted octanol–water partition coefficient (Wildman–Crippen LogP) is 1.31. The first-order valence-corrected chi connectivity index (χ1v) is 13.1.